The Morgan fingerprint density at radius 3 is 2.47 bits per heavy atom. The molecule has 0 aliphatic rings. The highest BCUT2D eigenvalue weighted by atomic mass is 79.9. The van der Waals surface area contributed by atoms with Crippen LogP contribution >= 0.6 is 31.9 Å². The Hall–Kier alpha value is -0.870. The second-order valence-electron chi connectivity index (χ2n) is 3.69. The number of benzene rings is 1. The van der Waals surface area contributed by atoms with Gasteiger partial charge in [0.2, 0.25) is 5.88 Å². The average Bonchev–Trinajstić information content (AvgIpc) is 2.30. The fourth-order valence-corrected chi connectivity index (χ4v) is 2.12. The molecule has 0 saturated carbocycles. The number of ether oxygens (including phenoxy) is 1. The number of hydrogen-bond acceptors (Lipinski definition) is 2. The SMILES string of the molecule is Cc1cc(Br)cnc1OCc1ccc(Br)cc1. The molecule has 1 aromatic heterocycles. The number of aryl methyl sites for hydroxylation is 1. The molecule has 0 bridgehead atoms. The minimum absolute atomic E-state index is 0.531. The normalized spacial score (nSPS) is 10.3. The first-order chi connectivity index (χ1) is 8.15. The summed E-state index contributed by atoms with van der Waals surface area (Å²) in [5.74, 6) is 0.677. The van der Waals surface area contributed by atoms with Crippen LogP contribution in [0.1, 0.15) is 11.1 Å². The summed E-state index contributed by atoms with van der Waals surface area (Å²) in [6, 6.07) is 10.0. The average molecular weight is 357 g/mol. The first-order valence-corrected chi connectivity index (χ1v) is 6.73. The summed E-state index contributed by atoms with van der Waals surface area (Å²) in [4.78, 5) is 4.23. The Morgan fingerprint density at radius 2 is 1.82 bits per heavy atom. The molecule has 0 spiro atoms. The molecule has 2 rings (SSSR count). The summed E-state index contributed by atoms with van der Waals surface area (Å²) >= 11 is 6.78. The lowest BCUT2D eigenvalue weighted by molar-refractivity contribution is 0.291. The van der Waals surface area contributed by atoms with Gasteiger partial charge in [0.05, 0.1) is 0 Å². The molecule has 0 saturated heterocycles. The van der Waals surface area contributed by atoms with Crippen LogP contribution in [-0.4, -0.2) is 4.98 Å². The first-order valence-electron chi connectivity index (χ1n) is 5.14. The Bertz CT molecular complexity index is 511. The van der Waals surface area contributed by atoms with Crippen molar-refractivity contribution in [2.24, 2.45) is 0 Å². The fourth-order valence-electron chi connectivity index (χ4n) is 1.41. The van der Waals surface area contributed by atoms with Crippen LogP contribution < -0.4 is 4.74 Å². The molecule has 0 aliphatic heterocycles. The highest BCUT2D eigenvalue weighted by molar-refractivity contribution is 9.10. The van der Waals surface area contributed by atoms with E-state index in [1.54, 1.807) is 6.20 Å². The monoisotopic (exact) mass is 355 g/mol. The predicted molar refractivity (Wildman–Crippen MR) is 75.1 cm³/mol. The van der Waals surface area contributed by atoms with Crippen LogP contribution in [0, 0.1) is 6.92 Å². The van der Waals surface area contributed by atoms with Crippen molar-refractivity contribution in [1.29, 1.82) is 0 Å². The molecule has 17 heavy (non-hydrogen) atoms. The van der Waals surface area contributed by atoms with Gasteiger partial charge in [0, 0.05) is 20.7 Å². The summed E-state index contributed by atoms with van der Waals surface area (Å²) < 4.78 is 7.70. The third-order valence-electron chi connectivity index (χ3n) is 2.29. The zero-order chi connectivity index (χ0) is 12.3. The van der Waals surface area contributed by atoms with Crippen molar-refractivity contribution in [2.45, 2.75) is 13.5 Å². The summed E-state index contributed by atoms with van der Waals surface area (Å²) in [6.45, 7) is 2.51. The zero-order valence-corrected chi connectivity index (χ0v) is 12.5. The number of rotatable bonds is 3. The predicted octanol–water partition coefficient (Wildman–Crippen LogP) is 4.49. The zero-order valence-electron chi connectivity index (χ0n) is 9.28. The molecular weight excluding hydrogens is 346 g/mol. The molecular formula is C13H11Br2NO. The maximum atomic E-state index is 5.67. The van der Waals surface area contributed by atoms with E-state index in [2.05, 4.69) is 36.8 Å². The highest BCUT2D eigenvalue weighted by Gasteiger charge is 2.02. The maximum absolute atomic E-state index is 5.67. The minimum atomic E-state index is 0.531. The van der Waals surface area contributed by atoms with Gasteiger partial charge in [-0.05, 0) is 46.6 Å². The van der Waals surface area contributed by atoms with E-state index < -0.39 is 0 Å². The van der Waals surface area contributed by atoms with Gasteiger partial charge < -0.3 is 4.74 Å². The molecule has 0 radical (unpaired) electrons. The Morgan fingerprint density at radius 1 is 1.12 bits per heavy atom. The standard InChI is InChI=1S/C13H11Br2NO/c1-9-6-12(15)7-16-13(9)17-8-10-2-4-11(14)5-3-10/h2-7H,8H2,1H3. The number of pyridine rings is 1. The molecule has 88 valence electrons. The molecule has 0 unspecified atom stereocenters. The second-order valence-corrected chi connectivity index (χ2v) is 5.52. The van der Waals surface area contributed by atoms with Gasteiger partial charge in [-0.15, -0.1) is 0 Å². The first kappa shape index (κ1) is 12.6. The molecule has 1 aromatic carbocycles. The van der Waals surface area contributed by atoms with Crippen LogP contribution in [-0.2, 0) is 6.61 Å². The number of hydrogen-bond donors (Lipinski definition) is 0. The van der Waals surface area contributed by atoms with Gasteiger partial charge in [0.15, 0.2) is 0 Å². The Balaban J connectivity index is 2.04. The van der Waals surface area contributed by atoms with Crippen molar-refractivity contribution in [2.75, 3.05) is 0 Å². The lowest BCUT2D eigenvalue weighted by atomic mass is 10.2. The molecule has 1 heterocycles. The molecule has 4 heteroatoms. The Kier molecular flexibility index (Phi) is 4.18. The van der Waals surface area contributed by atoms with Crippen LogP contribution in [0.2, 0.25) is 0 Å². The van der Waals surface area contributed by atoms with Crippen molar-refractivity contribution in [3.8, 4) is 5.88 Å². The molecule has 2 nitrogen and oxygen atoms in total. The van der Waals surface area contributed by atoms with Crippen LogP contribution in [0.5, 0.6) is 5.88 Å². The quantitative estimate of drug-likeness (QED) is 0.808. The van der Waals surface area contributed by atoms with E-state index >= 15 is 0 Å². The lowest BCUT2D eigenvalue weighted by Crippen LogP contribution is -1.98. The van der Waals surface area contributed by atoms with Crippen molar-refractivity contribution in [1.82, 2.24) is 4.98 Å². The van der Waals surface area contributed by atoms with Gasteiger partial charge in [-0.25, -0.2) is 4.98 Å². The number of nitrogens with zero attached hydrogens (tertiary/aromatic N) is 1. The third-order valence-corrected chi connectivity index (χ3v) is 3.25. The van der Waals surface area contributed by atoms with Crippen LogP contribution in [0.15, 0.2) is 45.5 Å². The van der Waals surface area contributed by atoms with E-state index in [0.29, 0.717) is 12.5 Å². The summed E-state index contributed by atoms with van der Waals surface area (Å²) in [5, 5.41) is 0. The van der Waals surface area contributed by atoms with Gasteiger partial charge in [0.1, 0.15) is 6.61 Å². The molecule has 0 amide bonds. The van der Waals surface area contributed by atoms with Gasteiger partial charge in [-0.3, -0.25) is 0 Å². The van der Waals surface area contributed by atoms with Crippen molar-refractivity contribution in [3.63, 3.8) is 0 Å². The molecule has 0 fully saturated rings. The Labute approximate surface area is 117 Å². The van der Waals surface area contributed by atoms with Crippen LogP contribution in [0.4, 0.5) is 0 Å². The van der Waals surface area contributed by atoms with Gasteiger partial charge in [-0.2, -0.15) is 0 Å². The van der Waals surface area contributed by atoms with Crippen LogP contribution in [0.3, 0.4) is 0 Å². The van der Waals surface area contributed by atoms with E-state index in [-0.39, 0.29) is 0 Å². The van der Waals surface area contributed by atoms with Gasteiger partial charge in [0.25, 0.3) is 0 Å². The highest BCUT2D eigenvalue weighted by Crippen LogP contribution is 2.20. The largest absolute Gasteiger partial charge is 0.473 e. The van der Waals surface area contributed by atoms with Crippen molar-refractivity contribution >= 4 is 31.9 Å². The van der Waals surface area contributed by atoms with E-state index in [4.69, 9.17) is 4.74 Å². The second kappa shape index (κ2) is 5.65. The maximum Gasteiger partial charge on any atom is 0.216 e. The summed E-state index contributed by atoms with van der Waals surface area (Å²) in [7, 11) is 0. The van der Waals surface area contributed by atoms with Crippen molar-refractivity contribution in [3.05, 3.63) is 56.6 Å². The summed E-state index contributed by atoms with van der Waals surface area (Å²) in [5.41, 5.74) is 2.15. The van der Waals surface area contributed by atoms with Gasteiger partial charge >= 0.3 is 0 Å². The minimum Gasteiger partial charge on any atom is -0.473 e. The lowest BCUT2D eigenvalue weighted by Gasteiger charge is -2.08. The van der Waals surface area contributed by atoms with E-state index in [1.165, 1.54) is 0 Å². The molecule has 2 aromatic rings. The van der Waals surface area contributed by atoms with E-state index in [1.807, 2.05) is 37.3 Å². The van der Waals surface area contributed by atoms with Gasteiger partial charge in [-0.1, -0.05) is 28.1 Å². The third kappa shape index (κ3) is 3.54. The molecule has 0 aliphatic carbocycles. The van der Waals surface area contributed by atoms with E-state index in [9.17, 15) is 0 Å². The van der Waals surface area contributed by atoms with Crippen molar-refractivity contribution < 1.29 is 4.74 Å². The smallest absolute Gasteiger partial charge is 0.216 e. The summed E-state index contributed by atoms with van der Waals surface area (Å²) in [6.07, 6.45) is 1.74. The fraction of sp³-hybridized carbons (Fsp3) is 0.154. The van der Waals surface area contributed by atoms with Crippen LogP contribution in [0.25, 0.3) is 0 Å². The van der Waals surface area contributed by atoms with E-state index in [0.717, 1.165) is 20.1 Å². The number of halogens is 2. The topological polar surface area (TPSA) is 22.1 Å². The molecule has 0 atom stereocenters. The number of aromatic nitrogens is 1. The molecule has 0 N–H and O–H groups in total.